The monoisotopic (exact) mass is 375 g/mol. The Morgan fingerprint density at radius 3 is 2.65 bits per heavy atom. The summed E-state index contributed by atoms with van der Waals surface area (Å²) in [5.41, 5.74) is 3.20. The van der Waals surface area contributed by atoms with E-state index in [-0.39, 0.29) is 18.3 Å². The lowest BCUT2D eigenvalue weighted by atomic mass is 9.97. The van der Waals surface area contributed by atoms with Crippen LogP contribution < -0.4 is 10.6 Å². The van der Waals surface area contributed by atoms with Crippen LogP contribution in [0.2, 0.25) is 0 Å². The number of hydrogen-bond donors (Lipinski definition) is 2. The molecule has 1 aromatic heterocycles. The van der Waals surface area contributed by atoms with Crippen LogP contribution in [0, 0.1) is 5.92 Å². The molecule has 1 saturated carbocycles. The fourth-order valence-corrected chi connectivity index (χ4v) is 3.42. The van der Waals surface area contributed by atoms with E-state index in [4.69, 9.17) is 4.52 Å². The van der Waals surface area contributed by atoms with Crippen molar-refractivity contribution in [2.75, 3.05) is 13.1 Å². The Kier molecular flexibility index (Phi) is 6.33. The molecule has 1 aliphatic carbocycles. The van der Waals surface area contributed by atoms with Crippen molar-refractivity contribution >= 4 is 18.3 Å². The third kappa shape index (κ3) is 5.08. The summed E-state index contributed by atoms with van der Waals surface area (Å²) in [5, 5.41) is 10.3. The molecule has 2 N–H and O–H groups in total. The van der Waals surface area contributed by atoms with E-state index in [0.29, 0.717) is 18.9 Å². The highest BCUT2D eigenvalue weighted by Gasteiger charge is 2.27. The molecular weight excluding hydrogens is 350 g/mol. The number of benzene rings is 1. The summed E-state index contributed by atoms with van der Waals surface area (Å²) in [6.07, 6.45) is 5.16. The number of carbonyl (C=O) groups excluding carboxylic acids is 1. The topological polar surface area (TPSA) is 67.2 Å². The van der Waals surface area contributed by atoms with E-state index in [1.165, 1.54) is 24.8 Å². The summed E-state index contributed by atoms with van der Waals surface area (Å²) in [4.78, 5) is 12.1. The molecule has 26 heavy (non-hydrogen) atoms. The Balaban J connectivity index is 0.00000196. The summed E-state index contributed by atoms with van der Waals surface area (Å²) in [5.74, 6) is 2.27. The second-order valence-corrected chi connectivity index (χ2v) is 7.33. The molecule has 1 aromatic carbocycles. The van der Waals surface area contributed by atoms with Gasteiger partial charge in [0, 0.05) is 12.0 Å². The zero-order chi connectivity index (χ0) is 17.1. The van der Waals surface area contributed by atoms with E-state index in [1.54, 1.807) is 0 Å². The van der Waals surface area contributed by atoms with Gasteiger partial charge < -0.3 is 15.2 Å². The van der Waals surface area contributed by atoms with E-state index in [0.717, 1.165) is 42.4 Å². The van der Waals surface area contributed by atoms with Gasteiger partial charge >= 0.3 is 0 Å². The highest BCUT2D eigenvalue weighted by molar-refractivity contribution is 5.85. The Hall–Kier alpha value is -1.85. The predicted molar refractivity (Wildman–Crippen MR) is 102 cm³/mol. The second-order valence-electron chi connectivity index (χ2n) is 7.33. The molecule has 2 fully saturated rings. The first-order chi connectivity index (χ1) is 12.3. The first kappa shape index (κ1) is 18.9. The molecular formula is C20H26ClN3O2. The zero-order valence-electron chi connectivity index (χ0n) is 14.9. The van der Waals surface area contributed by atoms with E-state index in [1.807, 2.05) is 6.07 Å². The maximum absolute atomic E-state index is 12.1. The first-order valence-electron chi connectivity index (χ1n) is 9.27. The lowest BCUT2D eigenvalue weighted by molar-refractivity contribution is -0.120. The van der Waals surface area contributed by atoms with Crippen LogP contribution in [0.25, 0.3) is 0 Å². The van der Waals surface area contributed by atoms with Gasteiger partial charge in [0.1, 0.15) is 11.5 Å². The summed E-state index contributed by atoms with van der Waals surface area (Å²) >= 11 is 0. The number of carbonyl (C=O) groups is 1. The van der Waals surface area contributed by atoms with Crippen molar-refractivity contribution < 1.29 is 9.32 Å². The lowest BCUT2D eigenvalue weighted by Crippen LogP contribution is -2.24. The fourth-order valence-electron chi connectivity index (χ4n) is 3.42. The zero-order valence-corrected chi connectivity index (χ0v) is 15.7. The van der Waals surface area contributed by atoms with Gasteiger partial charge in [0.25, 0.3) is 0 Å². The third-order valence-corrected chi connectivity index (χ3v) is 5.10. The van der Waals surface area contributed by atoms with Crippen LogP contribution in [0.4, 0.5) is 0 Å². The molecule has 6 heteroatoms. The normalized spacial score (nSPS) is 19.2. The van der Waals surface area contributed by atoms with E-state index >= 15 is 0 Å². The quantitative estimate of drug-likeness (QED) is 0.780. The molecule has 0 bridgehead atoms. The van der Waals surface area contributed by atoms with E-state index in [2.05, 4.69) is 40.1 Å². The van der Waals surface area contributed by atoms with Gasteiger partial charge in [-0.3, -0.25) is 4.79 Å². The lowest BCUT2D eigenvalue weighted by Gasteiger charge is -2.09. The fraction of sp³-hybridized carbons (Fsp3) is 0.500. The third-order valence-electron chi connectivity index (χ3n) is 5.10. The molecule has 5 nitrogen and oxygen atoms in total. The van der Waals surface area contributed by atoms with Gasteiger partial charge in [-0.15, -0.1) is 12.4 Å². The van der Waals surface area contributed by atoms with Crippen LogP contribution in [-0.4, -0.2) is 24.2 Å². The smallest absolute Gasteiger partial charge is 0.224 e. The van der Waals surface area contributed by atoms with Gasteiger partial charge in [-0.2, -0.15) is 0 Å². The van der Waals surface area contributed by atoms with Crippen LogP contribution >= 0.6 is 12.4 Å². The molecule has 140 valence electrons. The summed E-state index contributed by atoms with van der Waals surface area (Å²) in [6, 6.07) is 10.4. The Bertz CT molecular complexity index is 719. The number of hydrogen-bond acceptors (Lipinski definition) is 4. The number of aromatic nitrogens is 1. The van der Waals surface area contributed by atoms with Crippen LogP contribution in [-0.2, 0) is 24.2 Å². The molecule has 2 heterocycles. The van der Waals surface area contributed by atoms with Crippen molar-refractivity contribution in [2.45, 2.75) is 44.6 Å². The number of halogens is 1. The minimum Gasteiger partial charge on any atom is -0.361 e. The number of amides is 1. The summed E-state index contributed by atoms with van der Waals surface area (Å²) in [6.45, 7) is 2.69. The second kappa shape index (κ2) is 8.69. The van der Waals surface area contributed by atoms with Crippen molar-refractivity contribution in [3.05, 3.63) is 52.9 Å². The van der Waals surface area contributed by atoms with Crippen LogP contribution in [0.3, 0.4) is 0 Å². The maximum Gasteiger partial charge on any atom is 0.224 e. The first-order valence-corrected chi connectivity index (χ1v) is 9.27. The SMILES string of the molecule is Cl.O=C(Cc1ccc(CC2CCNC2)cc1)NCc1cc(C2CC2)on1. The van der Waals surface area contributed by atoms with Crippen molar-refractivity contribution in [1.29, 1.82) is 0 Å². The number of nitrogens with one attached hydrogen (secondary N) is 2. The van der Waals surface area contributed by atoms with Crippen molar-refractivity contribution in [3.8, 4) is 0 Å². The molecule has 4 rings (SSSR count). The Labute approximate surface area is 160 Å². The standard InChI is InChI=1S/C20H25N3O2.ClH/c24-20(22-13-18-11-19(25-23-18)17-5-6-17)10-15-3-1-14(2-4-15)9-16-7-8-21-12-16;/h1-4,11,16-17,21H,5-10,12-13H2,(H,22,24);1H. The average molecular weight is 376 g/mol. The molecule has 2 aromatic rings. The van der Waals surface area contributed by atoms with Crippen molar-refractivity contribution in [2.24, 2.45) is 5.92 Å². The van der Waals surface area contributed by atoms with Crippen LogP contribution in [0.15, 0.2) is 34.9 Å². The van der Waals surface area contributed by atoms with Gasteiger partial charge in [-0.05, 0) is 55.8 Å². The number of nitrogens with zero attached hydrogens (tertiary/aromatic N) is 1. The molecule has 1 unspecified atom stereocenters. The maximum atomic E-state index is 12.1. The van der Waals surface area contributed by atoms with Gasteiger partial charge in [-0.25, -0.2) is 0 Å². The average Bonchev–Trinajstić information content (AvgIpc) is 3.14. The van der Waals surface area contributed by atoms with Crippen molar-refractivity contribution in [3.63, 3.8) is 0 Å². The highest BCUT2D eigenvalue weighted by atomic mass is 35.5. The minimum atomic E-state index is 0. The predicted octanol–water partition coefficient (Wildman–Crippen LogP) is 2.98. The van der Waals surface area contributed by atoms with Gasteiger partial charge in [0.05, 0.1) is 13.0 Å². The molecule has 0 radical (unpaired) electrons. The highest BCUT2D eigenvalue weighted by Crippen LogP contribution is 2.40. The Morgan fingerprint density at radius 1 is 1.19 bits per heavy atom. The van der Waals surface area contributed by atoms with Crippen molar-refractivity contribution in [1.82, 2.24) is 15.8 Å². The molecule has 1 atom stereocenters. The molecule has 0 spiro atoms. The minimum absolute atomic E-state index is 0. The van der Waals surface area contributed by atoms with Gasteiger partial charge in [0.2, 0.25) is 5.91 Å². The van der Waals surface area contributed by atoms with Crippen LogP contribution in [0.1, 0.15) is 47.8 Å². The van der Waals surface area contributed by atoms with E-state index in [9.17, 15) is 4.79 Å². The largest absolute Gasteiger partial charge is 0.361 e. The number of rotatable bonds is 7. The molecule has 1 aliphatic heterocycles. The van der Waals surface area contributed by atoms with Gasteiger partial charge in [0.15, 0.2) is 0 Å². The Morgan fingerprint density at radius 2 is 1.96 bits per heavy atom. The summed E-state index contributed by atoms with van der Waals surface area (Å²) < 4.78 is 5.30. The summed E-state index contributed by atoms with van der Waals surface area (Å²) in [7, 11) is 0. The molecule has 2 aliphatic rings. The molecule has 1 saturated heterocycles. The van der Waals surface area contributed by atoms with Crippen LogP contribution in [0.5, 0.6) is 0 Å². The van der Waals surface area contributed by atoms with Gasteiger partial charge in [-0.1, -0.05) is 29.4 Å². The molecule has 1 amide bonds. The van der Waals surface area contributed by atoms with E-state index < -0.39 is 0 Å².